The lowest BCUT2D eigenvalue weighted by Gasteiger charge is -2.06. The predicted octanol–water partition coefficient (Wildman–Crippen LogP) is 2.90. The molecular formula is C12H6Cl2N2O2. The van der Waals surface area contributed by atoms with Gasteiger partial charge >= 0.3 is 0 Å². The molecule has 0 saturated heterocycles. The van der Waals surface area contributed by atoms with E-state index in [0.29, 0.717) is 0 Å². The molecule has 0 aliphatic rings. The van der Waals surface area contributed by atoms with Crippen molar-refractivity contribution in [3.05, 3.63) is 47.8 Å². The van der Waals surface area contributed by atoms with Gasteiger partial charge in [-0.1, -0.05) is 0 Å². The van der Waals surface area contributed by atoms with Gasteiger partial charge in [-0.15, -0.1) is 0 Å². The van der Waals surface area contributed by atoms with Crippen LogP contribution in [0.4, 0.5) is 0 Å². The van der Waals surface area contributed by atoms with Gasteiger partial charge in [0, 0.05) is 12.4 Å². The number of hydrogen-bond acceptors (Lipinski definition) is 4. The average molecular weight is 281 g/mol. The van der Waals surface area contributed by atoms with Gasteiger partial charge in [0.15, 0.2) is 0 Å². The van der Waals surface area contributed by atoms with Gasteiger partial charge < -0.3 is 0 Å². The SMILES string of the molecule is O=C(Cl)c1cccnc1-c1ncccc1C(=O)Cl. The van der Waals surface area contributed by atoms with Crippen LogP contribution in [0.1, 0.15) is 20.7 Å². The number of nitrogens with zero attached hydrogens (tertiary/aromatic N) is 2. The summed E-state index contributed by atoms with van der Waals surface area (Å²) in [5.74, 6) is 0. The van der Waals surface area contributed by atoms with Crippen molar-refractivity contribution >= 4 is 33.7 Å². The minimum absolute atomic E-state index is 0.178. The minimum atomic E-state index is -0.670. The standard InChI is InChI=1S/C12H6Cl2N2O2/c13-11(17)7-3-1-5-15-9(7)10-8(12(14)18)4-2-6-16-10/h1-6H. The van der Waals surface area contributed by atoms with E-state index in [1.165, 1.54) is 24.5 Å². The van der Waals surface area contributed by atoms with E-state index in [1.54, 1.807) is 12.1 Å². The van der Waals surface area contributed by atoms with Gasteiger partial charge in [0.2, 0.25) is 0 Å². The van der Waals surface area contributed by atoms with Gasteiger partial charge in [-0.25, -0.2) is 0 Å². The Morgan fingerprint density at radius 2 is 1.22 bits per heavy atom. The molecule has 0 amide bonds. The van der Waals surface area contributed by atoms with Crippen LogP contribution in [0.15, 0.2) is 36.7 Å². The van der Waals surface area contributed by atoms with Gasteiger partial charge in [-0.3, -0.25) is 19.6 Å². The van der Waals surface area contributed by atoms with Crippen LogP contribution in [0.25, 0.3) is 11.4 Å². The van der Waals surface area contributed by atoms with Crippen molar-refractivity contribution in [1.82, 2.24) is 9.97 Å². The summed E-state index contributed by atoms with van der Waals surface area (Å²) in [5.41, 5.74) is 0.832. The lowest BCUT2D eigenvalue weighted by Crippen LogP contribution is -2.02. The Morgan fingerprint density at radius 3 is 1.56 bits per heavy atom. The van der Waals surface area contributed by atoms with Gasteiger partial charge in [0.25, 0.3) is 10.5 Å². The number of carbonyl (C=O) groups is 2. The summed E-state index contributed by atoms with van der Waals surface area (Å²) in [6, 6.07) is 6.16. The predicted molar refractivity (Wildman–Crippen MR) is 67.8 cm³/mol. The van der Waals surface area contributed by atoms with Gasteiger partial charge in [0.1, 0.15) is 11.4 Å². The normalized spacial score (nSPS) is 10.1. The first kappa shape index (κ1) is 12.7. The van der Waals surface area contributed by atoms with Crippen molar-refractivity contribution in [1.29, 1.82) is 0 Å². The molecule has 0 saturated carbocycles. The molecule has 2 heterocycles. The van der Waals surface area contributed by atoms with Crippen LogP contribution in [0, 0.1) is 0 Å². The second kappa shape index (κ2) is 5.25. The third-order valence-corrected chi connectivity index (χ3v) is 2.67. The van der Waals surface area contributed by atoms with Gasteiger partial charge in [-0.2, -0.15) is 0 Å². The molecule has 2 rings (SSSR count). The second-order valence-corrected chi connectivity index (χ2v) is 4.03. The topological polar surface area (TPSA) is 59.9 Å². The minimum Gasteiger partial charge on any atom is -0.276 e. The molecule has 0 N–H and O–H groups in total. The Labute approximate surface area is 113 Å². The molecule has 0 bridgehead atoms. The molecule has 0 aliphatic carbocycles. The van der Waals surface area contributed by atoms with Crippen molar-refractivity contribution in [3.8, 4) is 11.4 Å². The van der Waals surface area contributed by atoms with E-state index in [2.05, 4.69) is 9.97 Å². The summed E-state index contributed by atoms with van der Waals surface area (Å²) in [6.07, 6.45) is 2.96. The van der Waals surface area contributed by atoms with Crippen molar-refractivity contribution in [2.24, 2.45) is 0 Å². The molecule has 0 aromatic carbocycles. The van der Waals surface area contributed by atoms with E-state index in [9.17, 15) is 9.59 Å². The van der Waals surface area contributed by atoms with Crippen molar-refractivity contribution in [2.75, 3.05) is 0 Å². The molecule has 2 aromatic rings. The third kappa shape index (κ3) is 2.39. The molecule has 0 fully saturated rings. The number of halogens is 2. The molecule has 6 heteroatoms. The molecule has 90 valence electrons. The lowest BCUT2D eigenvalue weighted by atomic mass is 10.1. The Bertz CT molecular complexity index is 573. The van der Waals surface area contributed by atoms with E-state index in [4.69, 9.17) is 23.2 Å². The van der Waals surface area contributed by atoms with Crippen molar-refractivity contribution < 1.29 is 9.59 Å². The monoisotopic (exact) mass is 280 g/mol. The average Bonchev–Trinajstić information content (AvgIpc) is 2.38. The van der Waals surface area contributed by atoms with Crippen molar-refractivity contribution in [3.63, 3.8) is 0 Å². The Morgan fingerprint density at radius 1 is 0.833 bits per heavy atom. The molecule has 18 heavy (non-hydrogen) atoms. The number of pyridine rings is 2. The number of hydrogen-bond donors (Lipinski definition) is 0. The molecule has 0 radical (unpaired) electrons. The maximum Gasteiger partial charge on any atom is 0.254 e. The Kier molecular flexibility index (Phi) is 3.69. The van der Waals surface area contributed by atoms with Gasteiger partial charge in [-0.05, 0) is 47.5 Å². The van der Waals surface area contributed by atoms with Gasteiger partial charge in [0.05, 0.1) is 11.1 Å². The summed E-state index contributed by atoms with van der Waals surface area (Å²) in [4.78, 5) is 30.7. The molecule has 0 unspecified atom stereocenters. The summed E-state index contributed by atoms with van der Waals surface area (Å²) < 4.78 is 0. The highest BCUT2D eigenvalue weighted by molar-refractivity contribution is 6.69. The first-order valence-electron chi connectivity index (χ1n) is 4.91. The second-order valence-electron chi connectivity index (χ2n) is 3.35. The van der Waals surface area contributed by atoms with Crippen LogP contribution >= 0.6 is 23.2 Å². The fraction of sp³-hybridized carbons (Fsp3) is 0. The zero-order chi connectivity index (χ0) is 13.1. The largest absolute Gasteiger partial charge is 0.276 e. The number of carbonyl (C=O) groups excluding carboxylic acids is 2. The zero-order valence-electron chi connectivity index (χ0n) is 8.93. The molecule has 4 nitrogen and oxygen atoms in total. The maximum atomic E-state index is 11.3. The highest BCUT2D eigenvalue weighted by atomic mass is 35.5. The summed E-state index contributed by atoms with van der Waals surface area (Å²) >= 11 is 10.9. The molecule has 0 spiro atoms. The summed E-state index contributed by atoms with van der Waals surface area (Å²) in [6.45, 7) is 0. The molecule has 2 aromatic heterocycles. The molecular weight excluding hydrogens is 275 g/mol. The highest BCUT2D eigenvalue weighted by Crippen LogP contribution is 2.24. The van der Waals surface area contributed by atoms with E-state index in [0.717, 1.165) is 0 Å². The van der Waals surface area contributed by atoms with Crippen LogP contribution in [-0.4, -0.2) is 20.5 Å². The summed E-state index contributed by atoms with van der Waals surface area (Å²) in [5, 5.41) is -1.34. The first-order chi connectivity index (χ1) is 8.61. The van der Waals surface area contributed by atoms with E-state index in [-0.39, 0.29) is 22.5 Å². The maximum absolute atomic E-state index is 11.3. The quantitative estimate of drug-likeness (QED) is 0.811. The molecule has 0 atom stereocenters. The first-order valence-corrected chi connectivity index (χ1v) is 5.67. The number of rotatable bonds is 3. The van der Waals surface area contributed by atoms with E-state index < -0.39 is 10.5 Å². The Balaban J connectivity index is 2.70. The van der Waals surface area contributed by atoms with Crippen LogP contribution in [-0.2, 0) is 0 Å². The Hall–Kier alpha value is -1.78. The van der Waals surface area contributed by atoms with Crippen LogP contribution < -0.4 is 0 Å². The smallest absolute Gasteiger partial charge is 0.254 e. The van der Waals surface area contributed by atoms with E-state index >= 15 is 0 Å². The summed E-state index contributed by atoms with van der Waals surface area (Å²) in [7, 11) is 0. The third-order valence-electron chi connectivity index (χ3n) is 2.26. The van der Waals surface area contributed by atoms with Crippen LogP contribution in [0.5, 0.6) is 0 Å². The van der Waals surface area contributed by atoms with Crippen LogP contribution in [0.2, 0.25) is 0 Å². The fourth-order valence-electron chi connectivity index (χ4n) is 1.51. The van der Waals surface area contributed by atoms with Crippen LogP contribution in [0.3, 0.4) is 0 Å². The molecule has 0 aliphatic heterocycles. The lowest BCUT2D eigenvalue weighted by molar-refractivity contribution is 0.107. The van der Waals surface area contributed by atoms with Crippen molar-refractivity contribution in [2.45, 2.75) is 0 Å². The zero-order valence-corrected chi connectivity index (χ0v) is 10.4. The fourth-order valence-corrected chi connectivity index (χ4v) is 1.81. The number of aromatic nitrogens is 2. The van der Waals surface area contributed by atoms with E-state index in [1.807, 2.05) is 0 Å². The highest BCUT2D eigenvalue weighted by Gasteiger charge is 2.18.